The number of nitrogens with two attached hydrogens (primary N) is 1. The third-order valence-electron chi connectivity index (χ3n) is 7.03. The third kappa shape index (κ3) is 3.17. The van der Waals surface area contributed by atoms with E-state index >= 15 is 0 Å². The molecule has 5 nitrogen and oxygen atoms in total. The van der Waals surface area contributed by atoms with Gasteiger partial charge in [-0.3, -0.25) is 0 Å². The van der Waals surface area contributed by atoms with Gasteiger partial charge in [-0.1, -0.05) is 18.2 Å². The van der Waals surface area contributed by atoms with Crippen LogP contribution in [0.3, 0.4) is 0 Å². The lowest BCUT2D eigenvalue weighted by Gasteiger charge is -2.38. The van der Waals surface area contributed by atoms with Gasteiger partial charge >= 0.3 is 0 Å². The van der Waals surface area contributed by atoms with Gasteiger partial charge in [0.1, 0.15) is 11.6 Å². The van der Waals surface area contributed by atoms with Crippen LogP contribution in [0.15, 0.2) is 42.5 Å². The summed E-state index contributed by atoms with van der Waals surface area (Å²) in [6.07, 6.45) is 6.08. The van der Waals surface area contributed by atoms with E-state index in [0.29, 0.717) is 11.8 Å². The van der Waals surface area contributed by atoms with E-state index in [-0.39, 0.29) is 0 Å². The summed E-state index contributed by atoms with van der Waals surface area (Å²) < 4.78 is 0. The van der Waals surface area contributed by atoms with Crippen LogP contribution in [0.4, 0.5) is 17.2 Å². The molecule has 2 aliphatic heterocycles. The number of anilines is 3. The molecule has 1 saturated carbocycles. The van der Waals surface area contributed by atoms with Crippen molar-refractivity contribution in [3.8, 4) is 0 Å². The molecule has 0 unspecified atom stereocenters. The number of rotatable bonds is 4. The highest BCUT2D eigenvalue weighted by atomic mass is 15.2. The molecule has 30 heavy (non-hydrogen) atoms. The van der Waals surface area contributed by atoms with Gasteiger partial charge in [-0.15, -0.1) is 0 Å². The van der Waals surface area contributed by atoms with Crippen molar-refractivity contribution >= 4 is 28.1 Å². The van der Waals surface area contributed by atoms with Crippen molar-refractivity contribution in [1.29, 1.82) is 0 Å². The third-order valence-corrected chi connectivity index (χ3v) is 7.03. The quantitative estimate of drug-likeness (QED) is 0.645. The van der Waals surface area contributed by atoms with Crippen LogP contribution in [-0.2, 0) is 0 Å². The van der Waals surface area contributed by atoms with Crippen LogP contribution in [-0.4, -0.2) is 36.1 Å². The van der Waals surface area contributed by atoms with Crippen LogP contribution >= 0.6 is 0 Å². The van der Waals surface area contributed by atoms with Gasteiger partial charge in [0.25, 0.3) is 0 Å². The second-order valence-corrected chi connectivity index (χ2v) is 9.12. The van der Waals surface area contributed by atoms with E-state index in [1.165, 1.54) is 43.6 Å². The maximum atomic E-state index is 6.12. The molecule has 2 saturated heterocycles. The van der Waals surface area contributed by atoms with Crippen LogP contribution in [0.2, 0.25) is 0 Å². The molecule has 0 bridgehead atoms. The minimum Gasteiger partial charge on any atom is -0.399 e. The molecule has 3 aliphatic rings. The van der Waals surface area contributed by atoms with Crippen LogP contribution < -0.4 is 15.5 Å². The van der Waals surface area contributed by atoms with Gasteiger partial charge < -0.3 is 15.5 Å². The maximum absolute atomic E-state index is 6.12. The van der Waals surface area contributed by atoms with Crippen molar-refractivity contribution in [2.75, 3.05) is 41.7 Å². The van der Waals surface area contributed by atoms with Gasteiger partial charge in [-0.05, 0) is 67.9 Å². The Morgan fingerprint density at radius 1 is 0.800 bits per heavy atom. The Hall–Kier alpha value is -2.82. The van der Waals surface area contributed by atoms with Gasteiger partial charge in [0.15, 0.2) is 0 Å². The normalized spacial score (nSPS) is 19.9. The molecular weight excluding hydrogens is 370 g/mol. The molecule has 3 aromatic rings. The van der Waals surface area contributed by atoms with Gasteiger partial charge in [-0.2, -0.15) is 0 Å². The Balaban J connectivity index is 1.28. The Kier molecular flexibility index (Phi) is 4.29. The lowest BCUT2D eigenvalue weighted by Crippen LogP contribution is -2.39. The number of nitrogen functional groups attached to an aromatic ring is 1. The van der Waals surface area contributed by atoms with E-state index in [1.807, 2.05) is 12.1 Å². The number of hydrogen-bond acceptors (Lipinski definition) is 5. The lowest BCUT2D eigenvalue weighted by atomic mass is 9.87. The summed E-state index contributed by atoms with van der Waals surface area (Å²) in [5.74, 6) is 3.28. The van der Waals surface area contributed by atoms with Gasteiger partial charge in [0, 0.05) is 48.9 Å². The van der Waals surface area contributed by atoms with E-state index in [1.54, 1.807) is 0 Å². The van der Waals surface area contributed by atoms with E-state index in [9.17, 15) is 0 Å². The summed E-state index contributed by atoms with van der Waals surface area (Å²) in [6.45, 7) is 4.47. The zero-order valence-corrected chi connectivity index (χ0v) is 17.4. The fraction of sp³-hybridized carbons (Fsp3) is 0.440. The van der Waals surface area contributed by atoms with Crippen molar-refractivity contribution in [2.24, 2.45) is 0 Å². The van der Waals surface area contributed by atoms with Gasteiger partial charge in [0.2, 0.25) is 0 Å². The van der Waals surface area contributed by atoms with Crippen molar-refractivity contribution in [2.45, 2.75) is 43.9 Å². The summed E-state index contributed by atoms with van der Waals surface area (Å²) >= 11 is 0. The molecule has 5 heteroatoms. The highest BCUT2D eigenvalue weighted by Gasteiger charge is 2.30. The smallest absolute Gasteiger partial charge is 0.140 e. The summed E-state index contributed by atoms with van der Waals surface area (Å²) in [6, 6.07) is 15.1. The topological polar surface area (TPSA) is 58.3 Å². The van der Waals surface area contributed by atoms with Gasteiger partial charge in [-0.25, -0.2) is 9.97 Å². The predicted octanol–water partition coefficient (Wildman–Crippen LogP) is 4.68. The highest BCUT2D eigenvalue weighted by Crippen LogP contribution is 2.41. The minimum absolute atomic E-state index is 0.548. The first-order valence-electron chi connectivity index (χ1n) is 11.4. The number of fused-ring (bicyclic) bond motifs is 1. The Labute approximate surface area is 177 Å². The average molecular weight is 400 g/mol. The number of aromatic nitrogens is 2. The molecule has 1 aliphatic carbocycles. The maximum Gasteiger partial charge on any atom is 0.140 e. The molecule has 0 amide bonds. The lowest BCUT2D eigenvalue weighted by molar-refractivity contribution is 0.499. The summed E-state index contributed by atoms with van der Waals surface area (Å²) in [5, 5.41) is 1.10. The van der Waals surface area contributed by atoms with E-state index in [0.717, 1.165) is 54.2 Å². The molecular formula is C25H29N5. The summed E-state index contributed by atoms with van der Waals surface area (Å²) in [7, 11) is 0. The largest absolute Gasteiger partial charge is 0.399 e. The zero-order chi connectivity index (χ0) is 20.1. The fourth-order valence-electron chi connectivity index (χ4n) is 4.99. The number of para-hydroxylation sites is 1. The molecule has 154 valence electrons. The monoisotopic (exact) mass is 399 g/mol. The minimum atomic E-state index is 0.548. The Morgan fingerprint density at radius 2 is 1.60 bits per heavy atom. The van der Waals surface area contributed by atoms with E-state index < -0.39 is 0 Å². The van der Waals surface area contributed by atoms with Crippen molar-refractivity contribution < 1.29 is 0 Å². The summed E-state index contributed by atoms with van der Waals surface area (Å²) in [4.78, 5) is 14.9. The highest BCUT2D eigenvalue weighted by molar-refractivity contribution is 5.92. The van der Waals surface area contributed by atoms with E-state index in [2.05, 4.69) is 40.1 Å². The molecule has 0 atom stereocenters. The van der Waals surface area contributed by atoms with Crippen LogP contribution in [0.1, 0.15) is 55.3 Å². The molecule has 2 N–H and O–H groups in total. The first-order valence-corrected chi connectivity index (χ1v) is 11.4. The van der Waals surface area contributed by atoms with E-state index in [4.69, 9.17) is 15.7 Å². The molecule has 2 aromatic carbocycles. The fourth-order valence-corrected chi connectivity index (χ4v) is 4.99. The Morgan fingerprint density at radius 3 is 2.33 bits per heavy atom. The number of hydrogen-bond donors (Lipinski definition) is 1. The number of nitrogens with zero attached hydrogens (tertiary/aromatic N) is 4. The molecule has 3 fully saturated rings. The average Bonchev–Trinajstić information content (AvgIpc) is 3.58. The second kappa shape index (κ2) is 7.15. The summed E-state index contributed by atoms with van der Waals surface area (Å²) in [5.41, 5.74) is 10.9. The molecule has 0 radical (unpaired) electrons. The first kappa shape index (κ1) is 18.0. The van der Waals surface area contributed by atoms with Gasteiger partial charge in [0.05, 0.1) is 5.52 Å². The Bertz CT molecular complexity index is 1080. The second-order valence-electron chi connectivity index (χ2n) is 9.12. The van der Waals surface area contributed by atoms with Crippen molar-refractivity contribution in [1.82, 2.24) is 9.97 Å². The molecule has 6 rings (SSSR count). The first-order chi connectivity index (χ1) is 14.8. The predicted molar refractivity (Wildman–Crippen MR) is 123 cm³/mol. The number of benzene rings is 2. The molecule has 3 heterocycles. The standard InChI is InChI=1S/C25H29N5/c26-19-8-9-22-21(16-19)25(28-24(27-22)18-6-7-18)30-14-10-17(11-15-30)20-4-1-2-5-23(20)29-12-3-13-29/h1-2,4-5,8-9,16-18H,3,6-7,10-15,26H2. The zero-order valence-electron chi connectivity index (χ0n) is 17.4. The van der Waals surface area contributed by atoms with Crippen LogP contribution in [0.5, 0.6) is 0 Å². The van der Waals surface area contributed by atoms with Crippen molar-refractivity contribution in [3.63, 3.8) is 0 Å². The molecule has 0 spiro atoms. The number of piperidine rings is 1. The molecule has 1 aromatic heterocycles. The van der Waals surface area contributed by atoms with Crippen molar-refractivity contribution in [3.05, 3.63) is 53.9 Å². The van der Waals surface area contributed by atoms with Crippen LogP contribution in [0.25, 0.3) is 10.9 Å². The van der Waals surface area contributed by atoms with Crippen LogP contribution in [0, 0.1) is 0 Å². The SMILES string of the molecule is Nc1ccc2nc(C3CC3)nc(N3CCC(c4ccccc4N4CCC4)CC3)c2c1.